The van der Waals surface area contributed by atoms with E-state index in [2.05, 4.69) is 20.4 Å². The lowest BCUT2D eigenvalue weighted by molar-refractivity contribution is 0.351. The van der Waals surface area contributed by atoms with E-state index in [0.717, 1.165) is 25.1 Å². The summed E-state index contributed by atoms with van der Waals surface area (Å²) in [6.45, 7) is 0.919. The maximum Gasteiger partial charge on any atom is 0.181 e. The molecule has 81 valence electrons. The zero-order valence-corrected chi connectivity index (χ0v) is 8.71. The van der Waals surface area contributed by atoms with Gasteiger partial charge in [0.05, 0.1) is 6.04 Å². The van der Waals surface area contributed by atoms with E-state index in [1.807, 2.05) is 6.07 Å². The molecule has 0 aliphatic carbocycles. The Morgan fingerprint density at radius 1 is 1.25 bits per heavy atom. The van der Waals surface area contributed by atoms with Crippen LogP contribution in [0.5, 0.6) is 0 Å². The van der Waals surface area contributed by atoms with Gasteiger partial charge >= 0.3 is 0 Å². The zero-order valence-electron chi connectivity index (χ0n) is 8.71. The molecule has 1 aliphatic rings. The van der Waals surface area contributed by atoms with Crippen molar-refractivity contribution in [3.05, 3.63) is 30.3 Å². The van der Waals surface area contributed by atoms with E-state index < -0.39 is 0 Å². The van der Waals surface area contributed by atoms with Gasteiger partial charge in [0.2, 0.25) is 0 Å². The van der Waals surface area contributed by atoms with Crippen LogP contribution in [-0.2, 0) is 0 Å². The smallest absolute Gasteiger partial charge is 0.181 e. The third kappa shape index (κ3) is 1.69. The molecule has 16 heavy (non-hydrogen) atoms. The minimum Gasteiger partial charge on any atom is -0.359 e. The second kappa shape index (κ2) is 4.02. The number of aromatic nitrogens is 3. The van der Waals surface area contributed by atoms with Crippen molar-refractivity contribution in [1.82, 2.24) is 20.4 Å². The Morgan fingerprint density at radius 3 is 2.88 bits per heavy atom. The number of nitrogens with zero attached hydrogens (tertiary/aromatic N) is 4. The lowest BCUT2D eigenvalue weighted by Crippen LogP contribution is -2.03. The maximum absolute atomic E-state index is 5.28. The molecule has 0 amide bonds. The second-order valence-corrected chi connectivity index (χ2v) is 3.75. The van der Waals surface area contributed by atoms with Crippen LogP contribution in [0.3, 0.4) is 0 Å². The predicted octanol–water partition coefficient (Wildman–Crippen LogP) is 1.57. The van der Waals surface area contributed by atoms with E-state index in [9.17, 15) is 0 Å². The molecule has 0 bridgehead atoms. The first-order chi connectivity index (χ1) is 7.93. The molecule has 3 rings (SSSR count). The third-order valence-corrected chi connectivity index (χ3v) is 2.64. The summed E-state index contributed by atoms with van der Waals surface area (Å²) in [6, 6.07) is 3.83. The van der Waals surface area contributed by atoms with Gasteiger partial charge in [0, 0.05) is 25.0 Å². The lowest BCUT2D eigenvalue weighted by Gasteiger charge is -2.00. The Labute approximate surface area is 92.9 Å². The molecular formula is C11H11N4O. The molecule has 5 heteroatoms. The standard InChI is InChI=1S/C11H11N4O/c1-3-8(12-4-1)10-7-9(15-16-10)11-13-5-2-6-14-11/h2,5-8H,1,3-4H2. The molecule has 2 aromatic heterocycles. The van der Waals surface area contributed by atoms with Gasteiger partial charge in [-0.1, -0.05) is 5.16 Å². The average Bonchev–Trinajstić information content (AvgIpc) is 3.01. The van der Waals surface area contributed by atoms with E-state index in [4.69, 9.17) is 4.52 Å². The summed E-state index contributed by atoms with van der Waals surface area (Å²) in [6.07, 6.45) is 5.56. The monoisotopic (exact) mass is 215 g/mol. The van der Waals surface area contributed by atoms with E-state index in [0.29, 0.717) is 11.5 Å². The Balaban J connectivity index is 1.87. The van der Waals surface area contributed by atoms with Crippen molar-refractivity contribution >= 4 is 0 Å². The van der Waals surface area contributed by atoms with Gasteiger partial charge < -0.3 is 4.52 Å². The van der Waals surface area contributed by atoms with E-state index in [1.54, 1.807) is 18.5 Å². The van der Waals surface area contributed by atoms with Gasteiger partial charge in [0.15, 0.2) is 17.3 Å². The van der Waals surface area contributed by atoms with Crippen LogP contribution in [0.15, 0.2) is 29.0 Å². The molecule has 2 aromatic rings. The fraction of sp³-hybridized carbons (Fsp3) is 0.364. The van der Waals surface area contributed by atoms with Gasteiger partial charge in [-0.25, -0.2) is 15.3 Å². The highest BCUT2D eigenvalue weighted by molar-refractivity contribution is 5.48. The highest BCUT2D eigenvalue weighted by atomic mass is 16.5. The molecule has 0 saturated carbocycles. The Morgan fingerprint density at radius 2 is 2.12 bits per heavy atom. The molecular weight excluding hydrogens is 204 g/mol. The van der Waals surface area contributed by atoms with Crippen molar-refractivity contribution in [2.24, 2.45) is 0 Å². The van der Waals surface area contributed by atoms with Crippen molar-refractivity contribution in [1.29, 1.82) is 0 Å². The van der Waals surface area contributed by atoms with Crippen LogP contribution in [0.2, 0.25) is 0 Å². The molecule has 1 radical (unpaired) electrons. The molecule has 1 aliphatic heterocycles. The number of hydrogen-bond donors (Lipinski definition) is 0. The molecule has 0 spiro atoms. The largest absolute Gasteiger partial charge is 0.359 e. The molecule has 3 heterocycles. The Kier molecular flexibility index (Phi) is 2.38. The first-order valence-corrected chi connectivity index (χ1v) is 5.34. The maximum atomic E-state index is 5.28. The van der Waals surface area contributed by atoms with Crippen LogP contribution >= 0.6 is 0 Å². The second-order valence-electron chi connectivity index (χ2n) is 3.75. The minimum atomic E-state index is 0.171. The number of hydrogen-bond acceptors (Lipinski definition) is 4. The van der Waals surface area contributed by atoms with Crippen molar-refractivity contribution in [2.45, 2.75) is 18.9 Å². The van der Waals surface area contributed by atoms with Crippen LogP contribution < -0.4 is 5.32 Å². The lowest BCUT2D eigenvalue weighted by atomic mass is 10.1. The Hall–Kier alpha value is -1.75. The fourth-order valence-corrected chi connectivity index (χ4v) is 1.84. The SMILES string of the molecule is c1cnc(-c2cc(C3CCC[N]3)on2)nc1. The van der Waals surface area contributed by atoms with Gasteiger partial charge in [-0.05, 0) is 18.9 Å². The van der Waals surface area contributed by atoms with Gasteiger partial charge in [0.25, 0.3) is 0 Å². The van der Waals surface area contributed by atoms with Crippen molar-refractivity contribution in [3.63, 3.8) is 0 Å². The van der Waals surface area contributed by atoms with Crippen LogP contribution in [0.4, 0.5) is 0 Å². The summed E-state index contributed by atoms with van der Waals surface area (Å²) in [5.41, 5.74) is 0.678. The fourth-order valence-electron chi connectivity index (χ4n) is 1.84. The molecule has 1 fully saturated rings. The summed E-state index contributed by atoms with van der Waals surface area (Å²) in [5.74, 6) is 1.41. The van der Waals surface area contributed by atoms with Crippen LogP contribution in [0.1, 0.15) is 24.6 Å². The Bertz CT molecular complexity index is 462. The summed E-state index contributed by atoms with van der Waals surface area (Å²) in [7, 11) is 0. The molecule has 0 aromatic carbocycles. The van der Waals surface area contributed by atoms with Crippen molar-refractivity contribution in [3.8, 4) is 11.5 Å². The summed E-state index contributed by atoms with van der Waals surface area (Å²) < 4.78 is 5.28. The highest BCUT2D eigenvalue weighted by Crippen LogP contribution is 2.26. The van der Waals surface area contributed by atoms with Crippen molar-refractivity contribution < 1.29 is 4.52 Å². The quantitative estimate of drug-likeness (QED) is 0.762. The van der Waals surface area contributed by atoms with Gasteiger partial charge in [0.1, 0.15) is 0 Å². The molecule has 1 unspecified atom stereocenters. The molecule has 0 N–H and O–H groups in total. The summed E-state index contributed by atoms with van der Waals surface area (Å²) >= 11 is 0. The summed E-state index contributed by atoms with van der Waals surface area (Å²) in [5, 5.41) is 8.41. The first-order valence-electron chi connectivity index (χ1n) is 5.34. The third-order valence-electron chi connectivity index (χ3n) is 2.64. The van der Waals surface area contributed by atoms with Crippen LogP contribution in [0, 0.1) is 0 Å². The van der Waals surface area contributed by atoms with Gasteiger partial charge in [-0.3, -0.25) is 0 Å². The molecule has 5 nitrogen and oxygen atoms in total. The van der Waals surface area contributed by atoms with E-state index in [-0.39, 0.29) is 6.04 Å². The predicted molar refractivity (Wildman–Crippen MR) is 56.5 cm³/mol. The van der Waals surface area contributed by atoms with E-state index in [1.165, 1.54) is 0 Å². The topological polar surface area (TPSA) is 65.9 Å². The zero-order chi connectivity index (χ0) is 10.8. The highest BCUT2D eigenvalue weighted by Gasteiger charge is 2.22. The first kappa shape index (κ1) is 9.47. The number of rotatable bonds is 2. The van der Waals surface area contributed by atoms with Gasteiger partial charge in [-0.2, -0.15) is 0 Å². The van der Waals surface area contributed by atoms with Crippen LogP contribution in [-0.4, -0.2) is 21.7 Å². The average molecular weight is 215 g/mol. The molecule has 1 saturated heterocycles. The minimum absolute atomic E-state index is 0.171. The van der Waals surface area contributed by atoms with Crippen LogP contribution in [0.25, 0.3) is 11.5 Å². The molecule has 1 atom stereocenters. The van der Waals surface area contributed by atoms with Crippen molar-refractivity contribution in [2.75, 3.05) is 6.54 Å². The van der Waals surface area contributed by atoms with Gasteiger partial charge in [-0.15, -0.1) is 0 Å². The van der Waals surface area contributed by atoms with E-state index >= 15 is 0 Å². The summed E-state index contributed by atoms with van der Waals surface area (Å²) in [4.78, 5) is 8.25. The normalized spacial score (nSPS) is 20.1.